The molecule has 0 aliphatic rings. The highest BCUT2D eigenvalue weighted by molar-refractivity contribution is 7.86. The summed E-state index contributed by atoms with van der Waals surface area (Å²) in [4.78, 5) is 1.46. The van der Waals surface area contributed by atoms with Crippen molar-refractivity contribution in [3.05, 3.63) is 0 Å². The molecule has 0 spiro atoms. The Morgan fingerprint density at radius 1 is 1.22 bits per heavy atom. The Morgan fingerprint density at radius 3 is 2.11 bits per heavy atom. The Labute approximate surface area is 108 Å². The molecule has 2 unspecified atom stereocenters. The lowest BCUT2D eigenvalue weighted by Gasteiger charge is -2.31. The second-order valence-electron chi connectivity index (χ2n) is 4.65. The molecule has 0 aliphatic carbocycles. The predicted molar refractivity (Wildman–Crippen MR) is 66.5 cm³/mol. The fourth-order valence-electron chi connectivity index (χ4n) is 1.73. The molecular weight excluding hydrogens is 262 g/mol. The topological polar surface area (TPSA) is 118 Å². The number of nitrogens with zero attached hydrogens (tertiary/aromatic N) is 1. The van der Waals surface area contributed by atoms with E-state index in [1.54, 1.807) is 0 Å². The van der Waals surface area contributed by atoms with E-state index in [9.17, 15) is 18.6 Å². The van der Waals surface area contributed by atoms with E-state index < -0.39 is 15.6 Å². The number of aliphatic hydroxyl groups excluding tert-OH is 3. The van der Waals surface area contributed by atoms with Crippen LogP contribution in [0.15, 0.2) is 0 Å². The molecule has 0 bridgehead atoms. The third-order valence-corrected chi connectivity index (χ3v) is 3.43. The van der Waals surface area contributed by atoms with Crippen LogP contribution in [0.3, 0.4) is 0 Å². The van der Waals surface area contributed by atoms with Crippen LogP contribution in [-0.2, 0) is 10.1 Å². The predicted octanol–water partition coefficient (Wildman–Crippen LogP) is -1.11. The van der Waals surface area contributed by atoms with Crippen molar-refractivity contribution in [2.24, 2.45) is 5.92 Å². The summed E-state index contributed by atoms with van der Waals surface area (Å²) in [5.41, 5.74) is -1.94. The van der Waals surface area contributed by atoms with Crippen LogP contribution < -0.4 is 0 Å². The summed E-state index contributed by atoms with van der Waals surface area (Å²) in [7, 11) is -4.54. The van der Waals surface area contributed by atoms with Crippen molar-refractivity contribution in [1.29, 1.82) is 0 Å². The molecule has 0 aliphatic heterocycles. The first kappa shape index (κ1) is 17.8. The Balaban J connectivity index is 4.71. The summed E-state index contributed by atoms with van der Waals surface area (Å²) in [6.45, 7) is 3.21. The first-order valence-electron chi connectivity index (χ1n) is 5.82. The average Bonchev–Trinajstić information content (AvgIpc) is 2.23. The lowest BCUT2D eigenvalue weighted by molar-refractivity contribution is 0.0619. The highest BCUT2D eigenvalue weighted by Gasteiger charge is 2.27. The van der Waals surface area contributed by atoms with Gasteiger partial charge in [0.15, 0.2) is 5.44 Å². The molecule has 0 saturated carbocycles. The zero-order valence-electron chi connectivity index (χ0n) is 10.7. The van der Waals surface area contributed by atoms with Crippen molar-refractivity contribution in [2.45, 2.75) is 31.7 Å². The zero-order valence-corrected chi connectivity index (χ0v) is 11.5. The molecule has 0 saturated heterocycles. The van der Waals surface area contributed by atoms with Crippen molar-refractivity contribution in [1.82, 2.24) is 4.90 Å². The van der Waals surface area contributed by atoms with Crippen LogP contribution in [0, 0.1) is 5.92 Å². The number of hydrogen-bond acceptors (Lipinski definition) is 6. The highest BCUT2D eigenvalue weighted by atomic mass is 32.2. The minimum absolute atomic E-state index is 0.116. The van der Waals surface area contributed by atoms with E-state index in [2.05, 4.69) is 0 Å². The first-order chi connectivity index (χ1) is 8.22. The zero-order chi connectivity index (χ0) is 14.3. The largest absolute Gasteiger partial charge is 0.395 e. The van der Waals surface area contributed by atoms with Gasteiger partial charge in [0, 0.05) is 19.1 Å². The second kappa shape index (κ2) is 8.03. The minimum atomic E-state index is -4.54. The molecule has 8 heteroatoms. The summed E-state index contributed by atoms with van der Waals surface area (Å²) in [6, 6.07) is -0.367. The molecule has 0 aromatic carbocycles. The lowest BCUT2D eigenvalue weighted by atomic mass is 10.0. The van der Waals surface area contributed by atoms with Gasteiger partial charge in [-0.3, -0.25) is 9.45 Å². The monoisotopic (exact) mass is 285 g/mol. The van der Waals surface area contributed by atoms with Crippen LogP contribution in [0.5, 0.6) is 0 Å². The maximum Gasteiger partial charge on any atom is 0.293 e. The molecule has 0 amide bonds. The average molecular weight is 285 g/mol. The number of rotatable bonds is 9. The van der Waals surface area contributed by atoms with E-state index in [4.69, 9.17) is 9.66 Å². The molecule has 18 heavy (non-hydrogen) atoms. The summed E-state index contributed by atoms with van der Waals surface area (Å²) >= 11 is 0. The van der Waals surface area contributed by atoms with Crippen molar-refractivity contribution in [3.63, 3.8) is 0 Å². The molecular formula is C10H23NO6S. The van der Waals surface area contributed by atoms with Gasteiger partial charge in [-0.1, -0.05) is 13.8 Å². The van der Waals surface area contributed by atoms with Crippen LogP contribution in [0.2, 0.25) is 0 Å². The van der Waals surface area contributed by atoms with E-state index in [0.29, 0.717) is 6.42 Å². The molecule has 0 fully saturated rings. The van der Waals surface area contributed by atoms with E-state index in [0.717, 1.165) is 0 Å². The smallest absolute Gasteiger partial charge is 0.293 e. The normalized spacial score (nSPS) is 16.2. The van der Waals surface area contributed by atoms with Gasteiger partial charge in [0.1, 0.15) is 0 Å². The summed E-state index contributed by atoms with van der Waals surface area (Å²) in [6.07, 6.45) is 0.592. The SMILES string of the molecule is CC(C)CC(CO)N(CCO)CC(O)S(=O)(=O)O. The number of aliphatic hydroxyl groups is 3. The van der Waals surface area contributed by atoms with Gasteiger partial charge in [0.25, 0.3) is 10.1 Å². The van der Waals surface area contributed by atoms with Crippen LogP contribution in [0.25, 0.3) is 0 Å². The third-order valence-electron chi connectivity index (χ3n) is 2.59. The fourth-order valence-corrected chi connectivity index (χ4v) is 2.11. The lowest BCUT2D eigenvalue weighted by Crippen LogP contribution is -2.46. The molecule has 2 atom stereocenters. The Morgan fingerprint density at radius 2 is 1.78 bits per heavy atom. The van der Waals surface area contributed by atoms with E-state index in [-0.39, 0.29) is 38.3 Å². The van der Waals surface area contributed by atoms with E-state index in [1.165, 1.54) is 4.90 Å². The van der Waals surface area contributed by atoms with Gasteiger partial charge >= 0.3 is 0 Å². The Hall–Kier alpha value is -0.250. The quantitative estimate of drug-likeness (QED) is 0.397. The molecule has 7 nitrogen and oxygen atoms in total. The van der Waals surface area contributed by atoms with Gasteiger partial charge in [-0.25, -0.2) is 0 Å². The van der Waals surface area contributed by atoms with E-state index >= 15 is 0 Å². The van der Waals surface area contributed by atoms with Crippen LogP contribution >= 0.6 is 0 Å². The Kier molecular flexibility index (Phi) is 7.92. The molecule has 0 aromatic rings. The molecule has 0 radical (unpaired) electrons. The third kappa shape index (κ3) is 6.62. The number of hydrogen-bond donors (Lipinski definition) is 4. The molecule has 0 aromatic heterocycles. The highest BCUT2D eigenvalue weighted by Crippen LogP contribution is 2.12. The van der Waals surface area contributed by atoms with Gasteiger partial charge in [-0.2, -0.15) is 8.42 Å². The minimum Gasteiger partial charge on any atom is -0.395 e. The van der Waals surface area contributed by atoms with Gasteiger partial charge in [-0.05, 0) is 12.3 Å². The van der Waals surface area contributed by atoms with Crippen LogP contribution in [-0.4, -0.2) is 71.0 Å². The standard InChI is InChI=1S/C10H23NO6S/c1-8(2)5-9(7-13)11(3-4-12)6-10(14)18(15,16)17/h8-10,12-14H,3-7H2,1-2H3,(H,15,16,17). The van der Waals surface area contributed by atoms with Crippen molar-refractivity contribution >= 4 is 10.1 Å². The summed E-state index contributed by atoms with van der Waals surface area (Å²) in [5.74, 6) is 0.270. The fraction of sp³-hybridized carbons (Fsp3) is 1.00. The van der Waals surface area contributed by atoms with Gasteiger partial charge in [0.05, 0.1) is 13.2 Å². The molecule has 4 N–H and O–H groups in total. The van der Waals surface area contributed by atoms with Crippen LogP contribution in [0.1, 0.15) is 20.3 Å². The van der Waals surface area contributed by atoms with Crippen LogP contribution in [0.4, 0.5) is 0 Å². The summed E-state index contributed by atoms with van der Waals surface area (Å²) in [5, 5.41) is 27.5. The molecule has 110 valence electrons. The maximum atomic E-state index is 10.8. The molecule has 0 rings (SSSR count). The van der Waals surface area contributed by atoms with E-state index in [1.807, 2.05) is 13.8 Å². The van der Waals surface area contributed by atoms with Crippen molar-refractivity contribution in [3.8, 4) is 0 Å². The first-order valence-corrected chi connectivity index (χ1v) is 7.32. The van der Waals surface area contributed by atoms with Crippen molar-refractivity contribution in [2.75, 3.05) is 26.3 Å². The van der Waals surface area contributed by atoms with Gasteiger partial charge < -0.3 is 15.3 Å². The van der Waals surface area contributed by atoms with Crippen molar-refractivity contribution < 1.29 is 28.3 Å². The second-order valence-corrected chi connectivity index (χ2v) is 6.23. The van der Waals surface area contributed by atoms with Gasteiger partial charge in [0.2, 0.25) is 0 Å². The maximum absolute atomic E-state index is 10.8. The summed E-state index contributed by atoms with van der Waals surface area (Å²) < 4.78 is 30.2. The van der Waals surface area contributed by atoms with Gasteiger partial charge in [-0.15, -0.1) is 0 Å². The molecule has 0 heterocycles. The Bertz CT molecular complexity index is 318.